The second kappa shape index (κ2) is 7.25. The molecule has 0 aliphatic carbocycles. The minimum absolute atomic E-state index is 0.110. The van der Waals surface area contributed by atoms with E-state index in [4.69, 9.17) is 4.74 Å². The van der Waals surface area contributed by atoms with E-state index in [2.05, 4.69) is 40.8 Å². The third-order valence-electron chi connectivity index (χ3n) is 6.29. The van der Waals surface area contributed by atoms with Crippen LogP contribution in [0.25, 0.3) is 5.95 Å². The molecule has 30 heavy (non-hydrogen) atoms. The van der Waals surface area contributed by atoms with Crippen LogP contribution in [0.15, 0.2) is 48.9 Å². The molecular formula is C23H25N5O2. The van der Waals surface area contributed by atoms with Crippen LogP contribution in [-0.2, 0) is 11.3 Å². The summed E-state index contributed by atoms with van der Waals surface area (Å²) in [6, 6.07) is 10.0. The highest BCUT2D eigenvalue weighted by Crippen LogP contribution is 2.41. The van der Waals surface area contributed by atoms with Gasteiger partial charge in [-0.1, -0.05) is 0 Å². The number of amides is 1. The lowest BCUT2D eigenvalue weighted by molar-refractivity contribution is -0.122. The number of carbonyl (C=O) groups is 1. The molecule has 7 nitrogen and oxygen atoms in total. The molecule has 2 fully saturated rings. The van der Waals surface area contributed by atoms with Crippen molar-refractivity contribution >= 4 is 11.6 Å². The number of carbonyl (C=O) groups excluding carboxylic acids is 1. The van der Waals surface area contributed by atoms with E-state index in [1.54, 1.807) is 25.6 Å². The molecule has 0 saturated carbocycles. The van der Waals surface area contributed by atoms with Crippen LogP contribution >= 0.6 is 0 Å². The normalized spacial score (nSPS) is 20.9. The summed E-state index contributed by atoms with van der Waals surface area (Å²) in [5.74, 6) is 1.57. The van der Waals surface area contributed by atoms with Crippen LogP contribution in [0.4, 0.5) is 5.69 Å². The van der Waals surface area contributed by atoms with Crippen molar-refractivity contribution in [2.45, 2.75) is 38.9 Å². The number of hydrogen-bond acceptors (Lipinski definition) is 5. The maximum absolute atomic E-state index is 13.3. The smallest absolute Gasteiger partial charge is 0.244 e. The Morgan fingerprint density at radius 1 is 1.13 bits per heavy atom. The highest BCUT2D eigenvalue weighted by atomic mass is 16.5. The topological polar surface area (TPSA) is 63.5 Å². The van der Waals surface area contributed by atoms with Gasteiger partial charge < -0.3 is 9.64 Å². The average Bonchev–Trinajstić information content (AvgIpc) is 3.46. The minimum atomic E-state index is -0.110. The average molecular weight is 403 g/mol. The molecule has 0 unspecified atom stereocenters. The molecule has 5 rings (SSSR count). The molecule has 7 heteroatoms. The van der Waals surface area contributed by atoms with Crippen molar-refractivity contribution in [3.05, 3.63) is 65.7 Å². The lowest BCUT2D eigenvalue weighted by Crippen LogP contribution is -2.50. The first-order valence-electron chi connectivity index (χ1n) is 10.2. The number of aromatic nitrogens is 3. The molecule has 2 bridgehead atoms. The Hall–Kier alpha value is -3.19. The highest BCUT2D eigenvalue weighted by molar-refractivity contribution is 6.02. The molecule has 0 spiro atoms. The van der Waals surface area contributed by atoms with Gasteiger partial charge in [0.25, 0.3) is 0 Å². The number of piperazine rings is 1. The van der Waals surface area contributed by atoms with E-state index < -0.39 is 0 Å². The lowest BCUT2D eigenvalue weighted by atomic mass is 10.1. The third-order valence-corrected chi connectivity index (χ3v) is 6.29. The van der Waals surface area contributed by atoms with Crippen molar-refractivity contribution in [1.82, 2.24) is 19.4 Å². The Bertz CT molecular complexity index is 1090. The van der Waals surface area contributed by atoms with Crippen LogP contribution < -0.4 is 9.64 Å². The fourth-order valence-electron chi connectivity index (χ4n) is 4.64. The molecule has 2 aliphatic rings. The minimum Gasteiger partial charge on any atom is -0.495 e. The monoisotopic (exact) mass is 403 g/mol. The van der Waals surface area contributed by atoms with Crippen LogP contribution in [0, 0.1) is 13.8 Å². The standard InChI is InChI=1S/C23H25N5O2/c1-15-10-19(21(30-3)11-16(15)2)28-18-12-20(22(28)29)26(14-18)13-17-6-4-9-27(17)23-24-7-5-8-25-23/h4-11,18,20H,12-14H2,1-3H3/t18-,20-/m0/s1. The van der Waals surface area contributed by atoms with E-state index in [9.17, 15) is 4.79 Å². The Kier molecular flexibility index (Phi) is 4.55. The number of fused-ring (bicyclic) bond motifs is 2. The summed E-state index contributed by atoms with van der Waals surface area (Å²) >= 11 is 0. The van der Waals surface area contributed by atoms with E-state index >= 15 is 0 Å². The van der Waals surface area contributed by atoms with Crippen LogP contribution in [0.1, 0.15) is 23.2 Å². The summed E-state index contributed by atoms with van der Waals surface area (Å²) < 4.78 is 7.59. The molecule has 2 atom stereocenters. The second-order valence-corrected chi connectivity index (χ2v) is 8.07. The molecule has 1 aromatic carbocycles. The molecule has 1 amide bonds. The molecule has 2 aliphatic heterocycles. The van der Waals surface area contributed by atoms with Gasteiger partial charge in [-0.2, -0.15) is 0 Å². The largest absolute Gasteiger partial charge is 0.495 e. The van der Waals surface area contributed by atoms with E-state index in [0.717, 1.165) is 35.7 Å². The van der Waals surface area contributed by atoms with E-state index in [1.807, 2.05) is 27.8 Å². The third kappa shape index (κ3) is 2.97. The van der Waals surface area contributed by atoms with Crippen LogP contribution in [0.5, 0.6) is 5.75 Å². The van der Waals surface area contributed by atoms with Gasteiger partial charge in [0.1, 0.15) is 5.75 Å². The van der Waals surface area contributed by atoms with Crippen molar-refractivity contribution in [2.75, 3.05) is 18.6 Å². The summed E-state index contributed by atoms with van der Waals surface area (Å²) in [4.78, 5) is 26.2. The van der Waals surface area contributed by atoms with Crippen LogP contribution in [0.3, 0.4) is 0 Å². The number of hydrogen-bond donors (Lipinski definition) is 0. The van der Waals surface area contributed by atoms with Gasteiger partial charge in [0.2, 0.25) is 11.9 Å². The number of aryl methyl sites for hydroxylation is 2. The Morgan fingerprint density at radius 2 is 1.90 bits per heavy atom. The highest BCUT2D eigenvalue weighted by Gasteiger charge is 2.50. The first-order chi connectivity index (χ1) is 14.6. The summed E-state index contributed by atoms with van der Waals surface area (Å²) in [5, 5.41) is 0. The van der Waals surface area contributed by atoms with E-state index in [0.29, 0.717) is 12.5 Å². The maximum atomic E-state index is 13.3. The fourth-order valence-corrected chi connectivity index (χ4v) is 4.64. The maximum Gasteiger partial charge on any atom is 0.244 e. The number of ether oxygens (including phenoxy) is 1. The van der Waals surface area contributed by atoms with Crippen LogP contribution in [0.2, 0.25) is 0 Å². The summed E-state index contributed by atoms with van der Waals surface area (Å²) in [7, 11) is 1.67. The summed E-state index contributed by atoms with van der Waals surface area (Å²) in [6.45, 7) is 5.67. The number of rotatable bonds is 5. The molecule has 0 radical (unpaired) electrons. The van der Waals surface area contributed by atoms with E-state index in [-0.39, 0.29) is 18.0 Å². The number of likely N-dealkylation sites (tertiary alicyclic amines) is 1. The molecule has 4 heterocycles. The molecule has 2 aromatic heterocycles. The Morgan fingerprint density at radius 3 is 2.63 bits per heavy atom. The van der Waals surface area contributed by atoms with Gasteiger partial charge in [0.15, 0.2) is 0 Å². The lowest BCUT2D eigenvalue weighted by Gasteiger charge is -2.34. The van der Waals surface area contributed by atoms with Crippen molar-refractivity contribution in [1.29, 1.82) is 0 Å². The zero-order chi connectivity index (χ0) is 20.8. The zero-order valence-corrected chi connectivity index (χ0v) is 17.4. The predicted octanol–water partition coefficient (Wildman–Crippen LogP) is 2.88. The van der Waals surface area contributed by atoms with Gasteiger partial charge >= 0.3 is 0 Å². The van der Waals surface area contributed by atoms with Crippen LogP contribution in [-0.4, -0.2) is 51.1 Å². The number of benzene rings is 1. The van der Waals surface area contributed by atoms with Gasteiger partial charge in [0.05, 0.1) is 24.9 Å². The van der Waals surface area contributed by atoms with Gasteiger partial charge in [-0.05, 0) is 61.7 Å². The predicted molar refractivity (Wildman–Crippen MR) is 114 cm³/mol. The van der Waals surface area contributed by atoms with Gasteiger partial charge in [-0.3, -0.25) is 14.3 Å². The first kappa shape index (κ1) is 18.8. The summed E-state index contributed by atoms with van der Waals surface area (Å²) in [5.41, 5.74) is 4.30. The molecular weight excluding hydrogens is 378 g/mol. The second-order valence-electron chi connectivity index (χ2n) is 8.07. The quantitative estimate of drug-likeness (QED) is 0.656. The molecule has 2 saturated heterocycles. The fraction of sp³-hybridized carbons (Fsp3) is 0.348. The molecule has 3 aromatic rings. The van der Waals surface area contributed by atoms with Gasteiger partial charge in [0, 0.05) is 37.4 Å². The summed E-state index contributed by atoms with van der Waals surface area (Å²) in [6.07, 6.45) is 6.29. The van der Waals surface area contributed by atoms with E-state index in [1.165, 1.54) is 5.56 Å². The van der Waals surface area contributed by atoms with Crippen molar-refractivity contribution in [3.63, 3.8) is 0 Å². The van der Waals surface area contributed by atoms with Gasteiger partial charge in [-0.25, -0.2) is 9.97 Å². The first-order valence-corrected chi connectivity index (χ1v) is 10.2. The van der Waals surface area contributed by atoms with Crippen molar-refractivity contribution < 1.29 is 9.53 Å². The number of methoxy groups -OCH3 is 1. The SMILES string of the molecule is COc1cc(C)c(C)cc1N1C(=O)[C@@H]2C[C@H]1CN2Cc1cccn1-c1ncccn1. The Balaban J connectivity index is 1.38. The van der Waals surface area contributed by atoms with Gasteiger partial charge in [-0.15, -0.1) is 0 Å². The van der Waals surface area contributed by atoms with Crippen molar-refractivity contribution in [2.24, 2.45) is 0 Å². The van der Waals surface area contributed by atoms with Crippen molar-refractivity contribution in [3.8, 4) is 11.7 Å². The number of anilines is 1. The zero-order valence-electron chi connectivity index (χ0n) is 17.4. The Labute approximate surface area is 175 Å². The molecule has 154 valence electrons. The number of nitrogens with zero attached hydrogens (tertiary/aromatic N) is 5. The molecule has 0 N–H and O–H groups in total.